The topological polar surface area (TPSA) is 66.8 Å². The summed E-state index contributed by atoms with van der Waals surface area (Å²) in [5, 5.41) is 3.67. The van der Waals surface area contributed by atoms with Crippen molar-refractivity contribution in [3.05, 3.63) is 39.4 Å². The number of pyridine rings is 1. The van der Waals surface area contributed by atoms with E-state index in [9.17, 15) is 9.59 Å². The first-order chi connectivity index (χ1) is 15.9. The summed E-state index contributed by atoms with van der Waals surface area (Å²) in [6, 6.07) is 3.49. The fraction of sp³-hybridized carbons (Fsp3) is 0.615. The molecule has 2 fully saturated rings. The number of carbonyl (C=O) groups is 1. The number of aromatic nitrogens is 1. The molecule has 1 aromatic heterocycles. The van der Waals surface area contributed by atoms with Crippen molar-refractivity contribution < 1.29 is 13.9 Å². The summed E-state index contributed by atoms with van der Waals surface area (Å²) >= 11 is 0. The Balaban J connectivity index is 1.63. The summed E-state index contributed by atoms with van der Waals surface area (Å²) in [4.78, 5) is 29.2. The number of fused-ring (bicyclic) bond motifs is 1. The molecule has 1 aromatic carbocycles. The third kappa shape index (κ3) is 5.22. The Bertz CT molecular complexity index is 1150. The number of amides is 1. The minimum absolute atomic E-state index is 0.00614. The molecule has 1 unspecified atom stereocenters. The van der Waals surface area contributed by atoms with E-state index in [4.69, 9.17) is 4.74 Å². The fourth-order valence-corrected chi connectivity index (χ4v) is 5.02. The Morgan fingerprint density at radius 3 is 2.56 bits per heavy atom. The number of rotatable bonds is 6. The average Bonchev–Trinajstić information content (AvgIpc) is 3.43. The molecule has 1 saturated heterocycles. The predicted molar refractivity (Wildman–Crippen MR) is 133 cm³/mol. The van der Waals surface area contributed by atoms with Gasteiger partial charge in [-0.2, -0.15) is 0 Å². The van der Waals surface area contributed by atoms with E-state index in [1.54, 1.807) is 12.1 Å². The molecule has 0 spiro atoms. The van der Waals surface area contributed by atoms with Crippen molar-refractivity contribution in [3.63, 3.8) is 0 Å². The van der Waals surface area contributed by atoms with Gasteiger partial charge in [-0.3, -0.25) is 4.79 Å². The zero-order chi connectivity index (χ0) is 24.8. The van der Waals surface area contributed by atoms with Gasteiger partial charge in [-0.25, -0.2) is 9.18 Å². The van der Waals surface area contributed by atoms with Crippen molar-refractivity contribution in [1.29, 1.82) is 0 Å². The lowest BCUT2D eigenvalue weighted by Crippen LogP contribution is -2.36. The van der Waals surface area contributed by atoms with Crippen LogP contribution in [0.1, 0.15) is 57.2 Å². The van der Waals surface area contributed by atoms with Crippen LogP contribution in [0.4, 0.5) is 14.9 Å². The van der Waals surface area contributed by atoms with Gasteiger partial charge in [-0.1, -0.05) is 0 Å². The zero-order valence-electron chi connectivity index (χ0n) is 21.2. The summed E-state index contributed by atoms with van der Waals surface area (Å²) in [5.41, 5.74) is 2.56. The molecule has 1 saturated carbocycles. The lowest BCUT2D eigenvalue weighted by molar-refractivity contribution is 0.0520. The average molecular weight is 473 g/mol. The second-order valence-corrected chi connectivity index (χ2v) is 11.1. The van der Waals surface area contributed by atoms with Crippen LogP contribution in [0, 0.1) is 18.7 Å². The van der Waals surface area contributed by atoms with E-state index in [1.165, 1.54) is 0 Å². The summed E-state index contributed by atoms with van der Waals surface area (Å²) in [7, 11) is 3.90. The van der Waals surface area contributed by atoms with Gasteiger partial charge in [0.1, 0.15) is 11.4 Å². The summed E-state index contributed by atoms with van der Waals surface area (Å²) < 4.78 is 22.8. The number of anilines is 1. The van der Waals surface area contributed by atoms with Crippen LogP contribution in [0.5, 0.6) is 0 Å². The van der Waals surface area contributed by atoms with Crippen molar-refractivity contribution in [1.82, 2.24) is 14.8 Å². The lowest BCUT2D eigenvalue weighted by Gasteiger charge is -2.25. The number of nitrogens with one attached hydrogen (secondary N) is 1. The van der Waals surface area contributed by atoms with Crippen LogP contribution < -0.4 is 15.8 Å². The van der Waals surface area contributed by atoms with Crippen molar-refractivity contribution >= 4 is 22.7 Å². The van der Waals surface area contributed by atoms with E-state index in [1.807, 2.05) is 51.3 Å². The number of hydrogen-bond donors (Lipinski definition) is 1. The highest BCUT2D eigenvalue weighted by Gasteiger charge is 2.31. The Hall–Kier alpha value is -2.61. The van der Waals surface area contributed by atoms with E-state index >= 15 is 4.39 Å². The van der Waals surface area contributed by atoms with Crippen LogP contribution in [0.15, 0.2) is 16.9 Å². The first-order valence-electron chi connectivity index (χ1n) is 12.2. The number of nitrogens with zero attached hydrogens (tertiary/aromatic N) is 3. The molecule has 2 heterocycles. The standard InChI is InChI=1S/C26H37FN4O3/c1-16-23-20(18(15-29(5)6)11-22(32)31(23)19-7-8-19)12-21(27)24(16)30-10-9-17(14-30)13-28-25(33)34-26(2,3)4/h11-12,17,19H,7-10,13-15H2,1-6H3,(H,28,33). The Morgan fingerprint density at radius 1 is 1.24 bits per heavy atom. The third-order valence-electron chi connectivity index (χ3n) is 6.52. The number of halogens is 1. The van der Waals surface area contributed by atoms with Crippen LogP contribution >= 0.6 is 0 Å². The van der Waals surface area contributed by atoms with Gasteiger partial charge in [0.05, 0.1) is 11.2 Å². The monoisotopic (exact) mass is 472 g/mol. The van der Waals surface area contributed by atoms with Gasteiger partial charge in [0.2, 0.25) is 0 Å². The maximum absolute atomic E-state index is 15.6. The molecular weight excluding hydrogens is 435 g/mol. The third-order valence-corrected chi connectivity index (χ3v) is 6.52. The van der Waals surface area contributed by atoms with E-state index in [0.29, 0.717) is 31.9 Å². The Labute approximate surface area is 200 Å². The quantitative estimate of drug-likeness (QED) is 0.683. The molecule has 2 aromatic rings. The van der Waals surface area contributed by atoms with Gasteiger partial charge in [-0.05, 0) is 84.2 Å². The number of hydrogen-bond acceptors (Lipinski definition) is 5. The molecule has 1 amide bonds. The number of ether oxygens (including phenoxy) is 1. The second-order valence-electron chi connectivity index (χ2n) is 11.1. The van der Waals surface area contributed by atoms with Gasteiger partial charge >= 0.3 is 6.09 Å². The van der Waals surface area contributed by atoms with Crippen LogP contribution in [-0.4, -0.2) is 54.9 Å². The Morgan fingerprint density at radius 2 is 1.94 bits per heavy atom. The van der Waals surface area contributed by atoms with Gasteiger partial charge in [-0.15, -0.1) is 0 Å². The van der Waals surface area contributed by atoms with Gasteiger partial charge in [0.15, 0.2) is 0 Å². The molecule has 1 atom stereocenters. The molecule has 34 heavy (non-hydrogen) atoms. The molecule has 1 aliphatic heterocycles. The number of aryl methyl sites for hydroxylation is 1. The molecule has 0 bridgehead atoms. The number of alkyl carbamates (subject to hydrolysis) is 1. The molecule has 186 valence electrons. The Kier molecular flexibility index (Phi) is 6.64. The molecule has 8 heteroatoms. The van der Waals surface area contributed by atoms with Crippen LogP contribution in [0.25, 0.3) is 10.9 Å². The summed E-state index contributed by atoms with van der Waals surface area (Å²) in [6.45, 7) is 9.85. The van der Waals surface area contributed by atoms with Crippen molar-refractivity contribution in [2.75, 3.05) is 38.6 Å². The fourth-order valence-electron chi connectivity index (χ4n) is 5.02. The van der Waals surface area contributed by atoms with Crippen LogP contribution in [0.2, 0.25) is 0 Å². The normalized spacial score (nSPS) is 18.7. The first kappa shape index (κ1) is 24.5. The summed E-state index contributed by atoms with van der Waals surface area (Å²) in [6.07, 6.45) is 2.39. The summed E-state index contributed by atoms with van der Waals surface area (Å²) in [5.74, 6) is -0.0560. The largest absolute Gasteiger partial charge is 0.444 e. The predicted octanol–water partition coefficient (Wildman–Crippen LogP) is 4.20. The molecule has 7 nitrogen and oxygen atoms in total. The molecular formula is C26H37FN4O3. The maximum Gasteiger partial charge on any atom is 0.407 e. The smallest absolute Gasteiger partial charge is 0.407 e. The highest BCUT2D eigenvalue weighted by atomic mass is 19.1. The van der Waals surface area contributed by atoms with Gasteiger partial charge in [0, 0.05) is 43.7 Å². The van der Waals surface area contributed by atoms with Gasteiger partial charge < -0.3 is 24.4 Å². The van der Waals surface area contributed by atoms with Crippen molar-refractivity contribution in [2.24, 2.45) is 5.92 Å². The minimum atomic E-state index is -0.542. The highest BCUT2D eigenvalue weighted by molar-refractivity contribution is 5.90. The van der Waals surface area contributed by atoms with E-state index in [0.717, 1.165) is 41.3 Å². The van der Waals surface area contributed by atoms with E-state index < -0.39 is 11.7 Å². The highest BCUT2D eigenvalue weighted by Crippen LogP contribution is 2.40. The molecule has 0 radical (unpaired) electrons. The molecule has 1 aliphatic carbocycles. The minimum Gasteiger partial charge on any atom is -0.444 e. The van der Waals surface area contributed by atoms with Crippen LogP contribution in [0.3, 0.4) is 0 Å². The molecule has 2 aliphatic rings. The van der Waals surface area contributed by atoms with E-state index in [2.05, 4.69) is 10.2 Å². The van der Waals surface area contributed by atoms with Gasteiger partial charge in [0.25, 0.3) is 5.56 Å². The van der Waals surface area contributed by atoms with Crippen molar-refractivity contribution in [3.8, 4) is 0 Å². The second kappa shape index (κ2) is 9.21. The lowest BCUT2D eigenvalue weighted by atomic mass is 10.0. The maximum atomic E-state index is 15.6. The number of benzene rings is 1. The number of carbonyl (C=O) groups excluding carboxylic acids is 1. The first-order valence-corrected chi connectivity index (χ1v) is 12.2. The van der Waals surface area contributed by atoms with E-state index in [-0.39, 0.29) is 23.3 Å². The van der Waals surface area contributed by atoms with Crippen LogP contribution in [-0.2, 0) is 11.3 Å². The molecule has 4 rings (SSSR count). The molecule has 1 N–H and O–H groups in total. The SMILES string of the molecule is Cc1c(N2CCC(CNC(=O)OC(C)(C)C)C2)c(F)cc2c(CN(C)C)cc(=O)n(C3CC3)c12. The zero-order valence-corrected chi connectivity index (χ0v) is 21.2. The van der Waals surface area contributed by atoms with Crippen molar-refractivity contribution in [2.45, 2.75) is 65.1 Å².